The summed E-state index contributed by atoms with van der Waals surface area (Å²) in [5.41, 5.74) is 5.66. The highest BCUT2D eigenvalue weighted by atomic mass is 14.7. The van der Waals surface area contributed by atoms with Crippen LogP contribution in [0.3, 0.4) is 0 Å². The van der Waals surface area contributed by atoms with Crippen LogP contribution in [0.4, 0.5) is 0 Å². The molecule has 3 aromatic rings. The summed E-state index contributed by atoms with van der Waals surface area (Å²) in [5, 5.41) is 2.64. The van der Waals surface area contributed by atoms with Gasteiger partial charge in [0.15, 0.2) is 0 Å². The Bertz CT molecular complexity index is 934. The van der Waals surface area contributed by atoms with E-state index in [2.05, 4.69) is 80.9 Å². The van der Waals surface area contributed by atoms with Crippen LogP contribution in [0.1, 0.15) is 81.2 Å². The maximum Gasteiger partial charge on any atom is 0.0407 e. The maximum absolute atomic E-state index is 4.45. The summed E-state index contributed by atoms with van der Waals surface area (Å²) in [6.07, 6.45) is 16.1. The molecule has 1 nitrogen and oxygen atoms in total. The number of nitrogens with zero attached hydrogens (tertiary/aromatic N) is 1. The van der Waals surface area contributed by atoms with Gasteiger partial charge in [0.1, 0.15) is 0 Å². The Hall–Kier alpha value is -2.41. The second-order valence-corrected chi connectivity index (χ2v) is 9.09. The van der Waals surface area contributed by atoms with E-state index >= 15 is 0 Å². The van der Waals surface area contributed by atoms with E-state index in [0.717, 1.165) is 5.92 Å². The molecule has 1 aromatic heterocycles. The predicted octanol–water partition coefficient (Wildman–Crippen LogP) is 9.20. The van der Waals surface area contributed by atoms with Crippen molar-refractivity contribution in [1.29, 1.82) is 0 Å². The van der Waals surface area contributed by atoms with Crippen molar-refractivity contribution in [3.8, 4) is 0 Å². The zero-order valence-electron chi connectivity index (χ0n) is 20.9. The number of aromatic nitrogens is 1. The summed E-state index contributed by atoms with van der Waals surface area (Å²) in [4.78, 5) is 4.45. The van der Waals surface area contributed by atoms with Gasteiger partial charge in [-0.25, -0.2) is 0 Å². The van der Waals surface area contributed by atoms with E-state index < -0.39 is 0 Å². The molecular weight excluding hydrogens is 386 g/mol. The van der Waals surface area contributed by atoms with Crippen LogP contribution in [0.5, 0.6) is 0 Å². The molecule has 2 aromatic carbocycles. The molecular formula is C31H43N. The number of allylic oxidation sites excluding steroid dienone is 1. The molecule has 0 amide bonds. The van der Waals surface area contributed by atoms with Gasteiger partial charge < -0.3 is 0 Å². The lowest BCUT2D eigenvalue weighted by atomic mass is 9.84. The fraction of sp³-hybridized carbons (Fsp3) is 0.452. The third-order valence-electron chi connectivity index (χ3n) is 6.32. The van der Waals surface area contributed by atoms with E-state index in [9.17, 15) is 0 Å². The van der Waals surface area contributed by atoms with Gasteiger partial charge in [0, 0.05) is 11.9 Å². The molecule has 0 atom stereocenters. The van der Waals surface area contributed by atoms with Crippen molar-refractivity contribution in [2.45, 2.75) is 85.5 Å². The van der Waals surface area contributed by atoms with Gasteiger partial charge in [0.25, 0.3) is 0 Å². The Morgan fingerprint density at radius 2 is 1.62 bits per heavy atom. The molecule has 0 bridgehead atoms. The third kappa shape index (κ3) is 8.61. The molecule has 1 heteroatoms. The molecule has 0 unspecified atom stereocenters. The monoisotopic (exact) mass is 429 g/mol. The van der Waals surface area contributed by atoms with E-state index in [1.54, 1.807) is 11.6 Å². The number of pyridine rings is 1. The minimum Gasteiger partial charge on any atom is -0.261 e. The normalized spacial score (nSPS) is 13.5. The van der Waals surface area contributed by atoms with Crippen molar-refractivity contribution in [3.05, 3.63) is 89.8 Å². The van der Waals surface area contributed by atoms with Crippen molar-refractivity contribution >= 4 is 10.8 Å². The zero-order chi connectivity index (χ0) is 23.2. The number of aryl methyl sites for hydroxylation is 3. The zero-order valence-corrected chi connectivity index (χ0v) is 20.9. The van der Waals surface area contributed by atoms with Crippen molar-refractivity contribution in [1.82, 2.24) is 4.98 Å². The molecule has 0 N–H and O–H groups in total. The summed E-state index contributed by atoms with van der Waals surface area (Å²) in [6.45, 7) is 11.8. The van der Waals surface area contributed by atoms with Gasteiger partial charge in [-0.2, -0.15) is 0 Å². The van der Waals surface area contributed by atoms with Gasteiger partial charge >= 0.3 is 0 Å². The second-order valence-electron chi connectivity index (χ2n) is 9.09. The lowest BCUT2D eigenvalue weighted by molar-refractivity contribution is 0.339. The number of hydrogen-bond donors (Lipinski definition) is 0. The first-order valence-electron chi connectivity index (χ1n) is 12.5. The lowest BCUT2D eigenvalue weighted by Crippen LogP contribution is -2.08. The lowest BCUT2D eigenvalue weighted by Gasteiger charge is -2.22. The largest absolute Gasteiger partial charge is 0.261 e. The van der Waals surface area contributed by atoms with Crippen LogP contribution in [-0.2, 0) is 12.8 Å². The van der Waals surface area contributed by atoms with E-state index in [-0.39, 0.29) is 0 Å². The Morgan fingerprint density at radius 3 is 2.31 bits per heavy atom. The van der Waals surface area contributed by atoms with E-state index in [0.29, 0.717) is 0 Å². The molecule has 0 spiro atoms. The SMILES string of the molecule is C=CC.CCCc1c(CCC2CCCCC2)ccnc1C.Cc1ccc2ccccc2c1. The number of hydrogen-bond acceptors (Lipinski definition) is 1. The summed E-state index contributed by atoms with van der Waals surface area (Å²) >= 11 is 0. The summed E-state index contributed by atoms with van der Waals surface area (Å²) in [7, 11) is 0. The summed E-state index contributed by atoms with van der Waals surface area (Å²) in [6, 6.07) is 17.2. The summed E-state index contributed by atoms with van der Waals surface area (Å²) in [5.74, 6) is 0.988. The Kier molecular flexibility index (Phi) is 11.8. The molecule has 1 aliphatic rings. The molecule has 1 heterocycles. The van der Waals surface area contributed by atoms with Crippen molar-refractivity contribution in [2.75, 3.05) is 0 Å². The second kappa shape index (κ2) is 14.6. The van der Waals surface area contributed by atoms with Gasteiger partial charge in [-0.1, -0.05) is 99.6 Å². The maximum atomic E-state index is 4.45. The first-order chi connectivity index (χ1) is 15.6. The van der Waals surface area contributed by atoms with Crippen molar-refractivity contribution in [2.24, 2.45) is 5.92 Å². The first-order valence-corrected chi connectivity index (χ1v) is 12.5. The Labute approximate surface area is 197 Å². The molecule has 32 heavy (non-hydrogen) atoms. The van der Waals surface area contributed by atoms with E-state index in [4.69, 9.17) is 0 Å². The third-order valence-corrected chi connectivity index (χ3v) is 6.32. The van der Waals surface area contributed by atoms with Gasteiger partial charge in [0.05, 0.1) is 0 Å². The van der Waals surface area contributed by atoms with Gasteiger partial charge in [0.2, 0.25) is 0 Å². The van der Waals surface area contributed by atoms with Crippen molar-refractivity contribution in [3.63, 3.8) is 0 Å². The van der Waals surface area contributed by atoms with Crippen LogP contribution in [0.25, 0.3) is 10.8 Å². The fourth-order valence-electron chi connectivity index (χ4n) is 4.62. The highest BCUT2D eigenvalue weighted by Crippen LogP contribution is 2.28. The fourth-order valence-corrected chi connectivity index (χ4v) is 4.62. The Balaban J connectivity index is 0.000000220. The van der Waals surface area contributed by atoms with E-state index in [1.807, 2.05) is 13.1 Å². The topological polar surface area (TPSA) is 12.9 Å². The number of rotatable bonds is 5. The highest BCUT2D eigenvalue weighted by Gasteiger charge is 2.14. The standard InChI is InChI=1S/C17H27N.C11H10.C3H6/c1-3-7-17-14(2)18-13-12-16(17)11-10-15-8-5-4-6-9-15;1-9-6-7-10-4-2-3-5-11(10)8-9;1-3-2/h12-13,15H,3-11H2,1-2H3;2-8H,1H3;3H,1H2,2H3. The average Bonchev–Trinajstić information content (AvgIpc) is 2.81. The molecule has 0 saturated heterocycles. The van der Waals surface area contributed by atoms with Crippen LogP contribution < -0.4 is 0 Å². The smallest absolute Gasteiger partial charge is 0.0407 e. The van der Waals surface area contributed by atoms with Crippen LogP contribution in [-0.4, -0.2) is 4.98 Å². The van der Waals surface area contributed by atoms with Crippen LogP contribution in [0, 0.1) is 19.8 Å². The van der Waals surface area contributed by atoms with Gasteiger partial charge in [-0.3, -0.25) is 4.98 Å². The van der Waals surface area contributed by atoms with Crippen LogP contribution >= 0.6 is 0 Å². The van der Waals surface area contributed by atoms with Crippen LogP contribution in [0.15, 0.2) is 67.4 Å². The van der Waals surface area contributed by atoms with Gasteiger partial charge in [-0.15, -0.1) is 6.58 Å². The average molecular weight is 430 g/mol. The minimum atomic E-state index is 0.988. The summed E-state index contributed by atoms with van der Waals surface area (Å²) < 4.78 is 0. The molecule has 0 aliphatic heterocycles. The van der Waals surface area contributed by atoms with Crippen molar-refractivity contribution < 1.29 is 0 Å². The molecule has 1 aliphatic carbocycles. The number of benzene rings is 2. The van der Waals surface area contributed by atoms with E-state index in [1.165, 1.54) is 85.4 Å². The molecule has 172 valence electrons. The Morgan fingerprint density at radius 1 is 0.938 bits per heavy atom. The molecule has 4 rings (SSSR count). The molecule has 1 saturated carbocycles. The number of fused-ring (bicyclic) bond motifs is 1. The van der Waals surface area contributed by atoms with Crippen LogP contribution in [0.2, 0.25) is 0 Å². The molecule has 0 radical (unpaired) electrons. The predicted molar refractivity (Wildman–Crippen MR) is 142 cm³/mol. The first kappa shape index (κ1) is 25.8. The highest BCUT2D eigenvalue weighted by molar-refractivity contribution is 5.82. The minimum absolute atomic E-state index is 0.988. The quantitative estimate of drug-likeness (QED) is 0.368. The van der Waals surface area contributed by atoms with Gasteiger partial charge in [-0.05, 0) is 73.9 Å². The molecule has 1 fully saturated rings.